The van der Waals surface area contributed by atoms with Gasteiger partial charge in [0, 0.05) is 12.3 Å². The summed E-state index contributed by atoms with van der Waals surface area (Å²) in [4.78, 5) is 0. The molecule has 0 radical (unpaired) electrons. The van der Waals surface area contributed by atoms with Crippen LogP contribution in [0.25, 0.3) is 0 Å². The van der Waals surface area contributed by atoms with Crippen LogP contribution in [0.2, 0.25) is 0 Å². The van der Waals surface area contributed by atoms with Crippen LogP contribution >= 0.6 is 0 Å². The molecule has 3 nitrogen and oxygen atoms in total. The summed E-state index contributed by atoms with van der Waals surface area (Å²) in [7, 11) is -2.82. The second-order valence-electron chi connectivity index (χ2n) is 5.24. The van der Waals surface area contributed by atoms with Gasteiger partial charge in [0.15, 0.2) is 9.84 Å². The van der Waals surface area contributed by atoms with Crippen molar-refractivity contribution in [1.82, 2.24) is 5.32 Å². The Kier molecular flexibility index (Phi) is 5.67. The highest BCUT2D eigenvalue weighted by molar-refractivity contribution is 7.91. The fourth-order valence-electron chi connectivity index (χ4n) is 2.52. The number of allylic oxidation sites excluding steroid dienone is 2. The average molecular weight is 259 g/mol. The van der Waals surface area contributed by atoms with Gasteiger partial charge in [-0.15, -0.1) is 0 Å². The van der Waals surface area contributed by atoms with Crippen LogP contribution in [0.15, 0.2) is 11.6 Å². The first-order valence-electron chi connectivity index (χ1n) is 6.51. The van der Waals surface area contributed by atoms with Crippen molar-refractivity contribution in [1.29, 1.82) is 0 Å². The van der Waals surface area contributed by atoms with E-state index in [1.54, 1.807) is 6.92 Å². The zero-order valence-electron chi connectivity index (χ0n) is 11.2. The molecule has 0 bridgehead atoms. The Balaban J connectivity index is 2.22. The van der Waals surface area contributed by atoms with Gasteiger partial charge in [0.05, 0.1) is 5.75 Å². The summed E-state index contributed by atoms with van der Waals surface area (Å²) < 4.78 is 22.6. The van der Waals surface area contributed by atoms with Crippen LogP contribution in [0.5, 0.6) is 0 Å². The summed E-state index contributed by atoms with van der Waals surface area (Å²) >= 11 is 0. The van der Waals surface area contributed by atoms with E-state index in [2.05, 4.69) is 25.2 Å². The van der Waals surface area contributed by atoms with Crippen molar-refractivity contribution in [2.24, 2.45) is 11.8 Å². The lowest BCUT2D eigenvalue weighted by Crippen LogP contribution is -2.30. The summed E-state index contributed by atoms with van der Waals surface area (Å²) in [5, 5.41) is 3.28. The van der Waals surface area contributed by atoms with E-state index in [0.29, 0.717) is 18.4 Å². The van der Waals surface area contributed by atoms with E-state index in [9.17, 15) is 8.42 Å². The third-order valence-corrected chi connectivity index (χ3v) is 5.05. The molecule has 17 heavy (non-hydrogen) atoms. The highest BCUT2D eigenvalue weighted by Gasteiger charge is 2.17. The monoisotopic (exact) mass is 259 g/mol. The van der Waals surface area contributed by atoms with Gasteiger partial charge in [-0.25, -0.2) is 8.42 Å². The Hall–Kier alpha value is -0.350. The van der Waals surface area contributed by atoms with E-state index >= 15 is 0 Å². The predicted molar refractivity (Wildman–Crippen MR) is 72.8 cm³/mol. The Labute approximate surface area is 106 Å². The molecule has 1 rings (SSSR count). The molecule has 0 saturated heterocycles. The molecule has 1 aliphatic carbocycles. The predicted octanol–water partition coefficient (Wildman–Crippen LogP) is 2.00. The fraction of sp³-hybridized carbons (Fsp3) is 0.846. The van der Waals surface area contributed by atoms with E-state index < -0.39 is 9.84 Å². The molecular formula is C13H25NO2S. The normalized spacial score (nSPS) is 25.7. The maximum absolute atomic E-state index is 11.3. The Morgan fingerprint density at radius 1 is 1.47 bits per heavy atom. The molecule has 0 fully saturated rings. The first kappa shape index (κ1) is 14.7. The van der Waals surface area contributed by atoms with Gasteiger partial charge in [0.25, 0.3) is 0 Å². The Morgan fingerprint density at radius 2 is 2.18 bits per heavy atom. The van der Waals surface area contributed by atoms with E-state index in [0.717, 1.165) is 13.0 Å². The largest absolute Gasteiger partial charge is 0.315 e. The minimum Gasteiger partial charge on any atom is -0.315 e. The van der Waals surface area contributed by atoms with Gasteiger partial charge in [0.1, 0.15) is 0 Å². The summed E-state index contributed by atoms with van der Waals surface area (Å²) in [5.74, 6) is 1.84. The fourth-order valence-corrected chi connectivity index (χ4v) is 3.26. The summed E-state index contributed by atoms with van der Waals surface area (Å²) in [5.41, 5.74) is 1.47. The molecule has 0 aromatic rings. The number of hydrogen-bond donors (Lipinski definition) is 1. The van der Waals surface area contributed by atoms with Crippen molar-refractivity contribution >= 4 is 9.84 Å². The van der Waals surface area contributed by atoms with Gasteiger partial charge < -0.3 is 5.32 Å². The van der Waals surface area contributed by atoms with E-state index in [4.69, 9.17) is 0 Å². The molecule has 0 aromatic heterocycles. The molecule has 0 amide bonds. The molecule has 0 saturated carbocycles. The topological polar surface area (TPSA) is 46.2 Å². The highest BCUT2D eigenvalue weighted by Crippen LogP contribution is 2.27. The van der Waals surface area contributed by atoms with Crippen LogP contribution in [0.1, 0.15) is 33.6 Å². The van der Waals surface area contributed by atoms with Crippen molar-refractivity contribution in [2.45, 2.75) is 33.6 Å². The number of rotatable bonds is 6. The second-order valence-corrected chi connectivity index (χ2v) is 7.71. The molecule has 1 aliphatic rings. The second kappa shape index (κ2) is 6.55. The Bertz CT molecular complexity index is 360. The van der Waals surface area contributed by atoms with Crippen LogP contribution in [0.3, 0.4) is 0 Å². The number of nitrogens with one attached hydrogen (secondary N) is 1. The minimum atomic E-state index is -2.82. The van der Waals surface area contributed by atoms with Crippen molar-refractivity contribution in [3.8, 4) is 0 Å². The lowest BCUT2D eigenvalue weighted by Gasteiger charge is -2.25. The van der Waals surface area contributed by atoms with Gasteiger partial charge in [-0.1, -0.05) is 25.5 Å². The zero-order chi connectivity index (χ0) is 12.9. The van der Waals surface area contributed by atoms with Gasteiger partial charge >= 0.3 is 0 Å². The standard InChI is InChI=1S/C13H25NO2S/c1-4-17(15,16)6-5-14-10-13-8-11(2)7-12(3)9-13/h7,11,13-14H,4-6,8-10H2,1-3H3. The minimum absolute atomic E-state index is 0.247. The zero-order valence-corrected chi connectivity index (χ0v) is 12.0. The molecule has 0 aromatic carbocycles. The van der Waals surface area contributed by atoms with E-state index in [1.807, 2.05) is 0 Å². The van der Waals surface area contributed by atoms with Crippen LogP contribution in [0, 0.1) is 11.8 Å². The Morgan fingerprint density at radius 3 is 2.76 bits per heavy atom. The van der Waals surface area contributed by atoms with Gasteiger partial charge in [-0.2, -0.15) is 0 Å². The first-order valence-corrected chi connectivity index (χ1v) is 8.33. The quantitative estimate of drug-likeness (QED) is 0.586. The van der Waals surface area contributed by atoms with Crippen LogP contribution in [-0.2, 0) is 9.84 Å². The average Bonchev–Trinajstić information content (AvgIpc) is 2.23. The molecule has 1 N–H and O–H groups in total. The maximum Gasteiger partial charge on any atom is 0.151 e. The van der Waals surface area contributed by atoms with Crippen molar-refractivity contribution in [3.05, 3.63) is 11.6 Å². The van der Waals surface area contributed by atoms with Crippen molar-refractivity contribution in [2.75, 3.05) is 24.6 Å². The molecule has 2 atom stereocenters. The lowest BCUT2D eigenvalue weighted by molar-refractivity contribution is 0.385. The van der Waals surface area contributed by atoms with Crippen molar-refractivity contribution < 1.29 is 8.42 Å². The van der Waals surface area contributed by atoms with Gasteiger partial charge in [0.2, 0.25) is 0 Å². The van der Waals surface area contributed by atoms with Crippen LogP contribution < -0.4 is 5.32 Å². The first-order chi connectivity index (χ1) is 7.93. The molecule has 2 unspecified atom stereocenters. The third-order valence-electron chi connectivity index (χ3n) is 3.35. The number of hydrogen-bond acceptors (Lipinski definition) is 3. The van der Waals surface area contributed by atoms with E-state index in [1.165, 1.54) is 12.0 Å². The van der Waals surface area contributed by atoms with E-state index in [-0.39, 0.29) is 11.5 Å². The SMILES string of the molecule is CCS(=O)(=O)CCNCC1CC(C)=CC(C)C1. The van der Waals surface area contributed by atoms with Gasteiger partial charge in [-0.05, 0) is 38.1 Å². The summed E-state index contributed by atoms with van der Waals surface area (Å²) in [6.07, 6.45) is 4.71. The molecule has 0 aliphatic heterocycles. The molecule has 0 spiro atoms. The summed E-state index contributed by atoms with van der Waals surface area (Å²) in [6, 6.07) is 0. The summed E-state index contributed by atoms with van der Waals surface area (Å²) in [6.45, 7) is 7.66. The molecule has 4 heteroatoms. The highest BCUT2D eigenvalue weighted by atomic mass is 32.2. The third kappa shape index (κ3) is 5.68. The lowest BCUT2D eigenvalue weighted by atomic mass is 9.84. The molecule has 0 heterocycles. The van der Waals surface area contributed by atoms with Crippen LogP contribution in [0.4, 0.5) is 0 Å². The molecule has 100 valence electrons. The van der Waals surface area contributed by atoms with Crippen LogP contribution in [-0.4, -0.2) is 33.0 Å². The van der Waals surface area contributed by atoms with Crippen molar-refractivity contribution in [3.63, 3.8) is 0 Å². The smallest absolute Gasteiger partial charge is 0.151 e. The van der Waals surface area contributed by atoms with Gasteiger partial charge in [-0.3, -0.25) is 0 Å². The number of sulfone groups is 1. The molecular weight excluding hydrogens is 234 g/mol. The maximum atomic E-state index is 11.3.